The molecule has 1 amide bonds. The molecule has 3 aromatic rings. The smallest absolute Gasteiger partial charge is 0.410 e. The van der Waals surface area contributed by atoms with E-state index < -0.39 is 11.1 Å². The van der Waals surface area contributed by atoms with Crippen molar-refractivity contribution >= 4 is 23.8 Å². The second-order valence-corrected chi connectivity index (χ2v) is 10.8. The Kier molecular flexibility index (Phi) is 5.63. The summed E-state index contributed by atoms with van der Waals surface area (Å²) in [4.78, 5) is 24.0. The van der Waals surface area contributed by atoms with Crippen molar-refractivity contribution in [2.45, 2.75) is 62.6 Å². The number of carbonyl (C=O) groups is 1. The van der Waals surface area contributed by atoms with Crippen LogP contribution < -0.4 is 0 Å². The fraction of sp³-hybridized carbons (Fsp3) is 0.429. The molecule has 1 aromatic heterocycles. The van der Waals surface area contributed by atoms with Crippen LogP contribution in [0.1, 0.15) is 50.7 Å². The van der Waals surface area contributed by atoms with Gasteiger partial charge in [0.25, 0.3) is 0 Å². The van der Waals surface area contributed by atoms with E-state index >= 15 is 0 Å². The van der Waals surface area contributed by atoms with E-state index in [2.05, 4.69) is 53.3 Å². The van der Waals surface area contributed by atoms with Crippen LogP contribution >= 0.6 is 0 Å². The zero-order valence-corrected chi connectivity index (χ0v) is 20.4. The van der Waals surface area contributed by atoms with Crippen molar-refractivity contribution in [1.82, 2.24) is 14.5 Å². The molecule has 180 valence electrons. The molecule has 1 saturated heterocycles. The van der Waals surface area contributed by atoms with E-state index in [1.54, 1.807) is 12.4 Å². The summed E-state index contributed by atoms with van der Waals surface area (Å²) in [6.07, 6.45) is 4.76. The topological polar surface area (TPSA) is 83.5 Å². The van der Waals surface area contributed by atoms with Gasteiger partial charge in [0.05, 0.1) is 41.1 Å². The van der Waals surface area contributed by atoms with Crippen molar-refractivity contribution < 1.29 is 9.53 Å². The van der Waals surface area contributed by atoms with E-state index in [0.717, 1.165) is 30.3 Å². The van der Waals surface area contributed by atoms with Crippen LogP contribution in [-0.2, 0) is 16.7 Å². The summed E-state index contributed by atoms with van der Waals surface area (Å²) < 4.78 is 8.17. The van der Waals surface area contributed by atoms with Gasteiger partial charge in [-0.3, -0.25) is 4.99 Å². The predicted octanol–water partition coefficient (Wildman–Crippen LogP) is 5.09. The molecule has 2 aromatic carbocycles. The van der Waals surface area contributed by atoms with Crippen molar-refractivity contribution in [2.75, 3.05) is 13.1 Å². The highest BCUT2D eigenvalue weighted by Gasteiger charge is 2.53. The highest BCUT2D eigenvalue weighted by Crippen LogP contribution is 2.45. The Morgan fingerprint density at radius 1 is 1.23 bits per heavy atom. The molecule has 2 atom stereocenters. The number of hydrogen-bond donors (Lipinski definition) is 0. The van der Waals surface area contributed by atoms with Gasteiger partial charge in [-0.25, -0.2) is 9.78 Å². The lowest BCUT2D eigenvalue weighted by molar-refractivity contribution is -0.00374. The third kappa shape index (κ3) is 4.29. The fourth-order valence-corrected chi connectivity index (χ4v) is 5.90. The van der Waals surface area contributed by atoms with Gasteiger partial charge in [-0.15, -0.1) is 0 Å². The number of ether oxygens (including phenoxy) is 1. The minimum absolute atomic E-state index is 0.192. The summed E-state index contributed by atoms with van der Waals surface area (Å²) in [5.74, 6) is 0. The molecular weight excluding hydrogens is 438 g/mol. The van der Waals surface area contributed by atoms with Gasteiger partial charge in [0.1, 0.15) is 5.60 Å². The lowest BCUT2D eigenvalue weighted by Gasteiger charge is -2.42. The number of carbonyl (C=O) groups excluding carboxylic acids is 1. The summed E-state index contributed by atoms with van der Waals surface area (Å²) in [6.45, 7) is 10.0. The Labute approximate surface area is 206 Å². The van der Waals surface area contributed by atoms with Crippen molar-refractivity contribution in [3.05, 3.63) is 66.0 Å². The highest BCUT2D eigenvalue weighted by atomic mass is 16.6. The van der Waals surface area contributed by atoms with Crippen LogP contribution in [0.15, 0.2) is 59.9 Å². The molecule has 2 aliphatic rings. The first-order valence-corrected chi connectivity index (χ1v) is 12.1. The van der Waals surface area contributed by atoms with Gasteiger partial charge in [-0.05, 0) is 49.7 Å². The average molecular weight is 470 g/mol. The largest absolute Gasteiger partial charge is 0.441 e. The van der Waals surface area contributed by atoms with E-state index in [0.29, 0.717) is 31.6 Å². The average Bonchev–Trinajstić information content (AvgIpc) is 3.38. The first kappa shape index (κ1) is 23.1. The lowest BCUT2D eigenvalue weighted by Crippen LogP contribution is -2.49. The Bertz CT molecular complexity index is 1310. The standard InChI is InChI=1S/C28H31N5O2/c1-26(2,22-8-5-4-6-9-22)17-32-19-28(35-25(32)34)13-7-12-27(16-28,30-3)18-33-20-31-23-11-10-21(15-29)14-24(23)33/h4-6,8-11,14,20H,3,7,12-13,16-19H2,1-2H3. The van der Waals surface area contributed by atoms with Gasteiger partial charge in [0.2, 0.25) is 0 Å². The molecule has 0 N–H and O–H groups in total. The van der Waals surface area contributed by atoms with Crippen molar-refractivity contribution in [3.63, 3.8) is 0 Å². The molecule has 1 aliphatic carbocycles. The van der Waals surface area contributed by atoms with Crippen LogP contribution in [0.2, 0.25) is 0 Å². The number of nitriles is 1. The minimum Gasteiger partial charge on any atom is -0.441 e. The third-order valence-corrected chi connectivity index (χ3v) is 7.66. The number of nitrogens with zero attached hydrogens (tertiary/aromatic N) is 5. The molecule has 2 fully saturated rings. The van der Waals surface area contributed by atoms with E-state index in [4.69, 9.17) is 4.74 Å². The Morgan fingerprint density at radius 3 is 2.77 bits per heavy atom. The monoisotopic (exact) mass is 469 g/mol. The third-order valence-electron chi connectivity index (χ3n) is 7.66. The summed E-state index contributed by atoms with van der Waals surface area (Å²) in [7, 11) is 0. The number of rotatable bonds is 6. The quantitative estimate of drug-likeness (QED) is 0.471. The summed E-state index contributed by atoms with van der Waals surface area (Å²) in [5.41, 5.74) is 2.31. The van der Waals surface area contributed by atoms with Crippen LogP contribution in [0.3, 0.4) is 0 Å². The second kappa shape index (κ2) is 8.53. The molecule has 1 spiro atoms. The zero-order chi connectivity index (χ0) is 24.7. The molecule has 2 heterocycles. The van der Waals surface area contributed by atoms with Crippen LogP contribution in [0, 0.1) is 11.3 Å². The minimum atomic E-state index is -0.572. The highest BCUT2D eigenvalue weighted by molar-refractivity contribution is 5.77. The molecule has 1 saturated carbocycles. The summed E-state index contributed by atoms with van der Waals surface area (Å²) >= 11 is 0. The number of fused-ring (bicyclic) bond motifs is 1. The number of aliphatic imine (C=N–C) groups is 1. The Morgan fingerprint density at radius 2 is 2.03 bits per heavy atom. The van der Waals surface area contributed by atoms with Crippen LogP contribution in [0.5, 0.6) is 0 Å². The molecule has 7 nitrogen and oxygen atoms in total. The maximum Gasteiger partial charge on any atom is 0.410 e. The van der Waals surface area contributed by atoms with Gasteiger partial charge < -0.3 is 14.2 Å². The zero-order valence-electron chi connectivity index (χ0n) is 20.4. The molecule has 0 radical (unpaired) electrons. The maximum absolute atomic E-state index is 13.0. The van der Waals surface area contributed by atoms with Crippen LogP contribution in [0.4, 0.5) is 4.79 Å². The number of imidazole rings is 1. The maximum atomic E-state index is 13.0. The van der Waals surface area contributed by atoms with Gasteiger partial charge in [0.15, 0.2) is 0 Å². The van der Waals surface area contributed by atoms with Gasteiger partial charge >= 0.3 is 6.09 Å². The van der Waals surface area contributed by atoms with Crippen LogP contribution in [-0.4, -0.2) is 51.5 Å². The van der Waals surface area contributed by atoms with Crippen molar-refractivity contribution in [3.8, 4) is 6.07 Å². The van der Waals surface area contributed by atoms with E-state index in [1.807, 2.05) is 35.2 Å². The summed E-state index contributed by atoms with van der Waals surface area (Å²) in [6, 6.07) is 18.0. The van der Waals surface area contributed by atoms with Crippen molar-refractivity contribution in [2.24, 2.45) is 4.99 Å². The summed E-state index contributed by atoms with van der Waals surface area (Å²) in [5, 5.41) is 9.32. The number of benzene rings is 2. The molecule has 35 heavy (non-hydrogen) atoms. The predicted molar refractivity (Wildman–Crippen MR) is 135 cm³/mol. The van der Waals surface area contributed by atoms with E-state index in [1.165, 1.54) is 5.56 Å². The number of aromatic nitrogens is 2. The van der Waals surface area contributed by atoms with E-state index in [-0.39, 0.29) is 11.5 Å². The van der Waals surface area contributed by atoms with Gasteiger partial charge in [0, 0.05) is 24.9 Å². The number of amides is 1. The Balaban J connectivity index is 1.37. The first-order valence-electron chi connectivity index (χ1n) is 12.1. The first-order chi connectivity index (χ1) is 16.8. The van der Waals surface area contributed by atoms with Gasteiger partial charge in [-0.2, -0.15) is 5.26 Å². The fourth-order valence-electron chi connectivity index (χ4n) is 5.90. The second-order valence-electron chi connectivity index (χ2n) is 10.8. The van der Waals surface area contributed by atoms with E-state index in [9.17, 15) is 10.1 Å². The lowest BCUT2D eigenvalue weighted by atomic mass is 9.73. The SMILES string of the molecule is C=NC1(Cn2cnc3ccc(C#N)cc32)CCCC2(CN(CC(C)(C)c3ccccc3)C(=O)O2)C1. The number of hydrogen-bond acceptors (Lipinski definition) is 5. The van der Waals surface area contributed by atoms with Gasteiger partial charge in [-0.1, -0.05) is 44.2 Å². The van der Waals surface area contributed by atoms with Crippen molar-refractivity contribution in [1.29, 1.82) is 5.26 Å². The normalized spacial score (nSPS) is 24.5. The molecular formula is C28H31N5O2. The molecule has 2 unspecified atom stereocenters. The molecule has 7 heteroatoms. The molecule has 0 bridgehead atoms. The Hall–Kier alpha value is -3.66. The molecule has 5 rings (SSSR count). The molecule has 1 aliphatic heterocycles. The van der Waals surface area contributed by atoms with Crippen LogP contribution in [0.25, 0.3) is 11.0 Å².